The van der Waals surface area contributed by atoms with Crippen molar-refractivity contribution in [1.29, 1.82) is 0 Å². The molecule has 26 heavy (non-hydrogen) atoms. The molecule has 0 saturated carbocycles. The zero-order valence-electron chi connectivity index (χ0n) is 14.3. The summed E-state index contributed by atoms with van der Waals surface area (Å²) in [4.78, 5) is 0. The minimum absolute atomic E-state index is 0.168. The van der Waals surface area contributed by atoms with Crippen molar-refractivity contribution in [2.45, 2.75) is 18.3 Å². The molecule has 0 aliphatic heterocycles. The predicted molar refractivity (Wildman–Crippen MR) is 111 cm³/mol. The summed E-state index contributed by atoms with van der Waals surface area (Å²) in [5.74, 6) is 0. The first kappa shape index (κ1) is 14.8. The highest BCUT2D eigenvalue weighted by Crippen LogP contribution is 2.64. The molecule has 0 nitrogen and oxygen atoms in total. The molecule has 3 aromatic carbocycles. The molecule has 0 N–H and O–H groups in total. The minimum Gasteiger partial charge on any atom is -0.0788 e. The Bertz CT molecular complexity index is 1150. The van der Waals surface area contributed by atoms with Crippen molar-refractivity contribution in [2.75, 3.05) is 0 Å². The average Bonchev–Trinajstić information content (AvgIpc) is 3.15. The van der Waals surface area contributed by atoms with Gasteiger partial charge in [0.2, 0.25) is 0 Å². The van der Waals surface area contributed by atoms with Crippen LogP contribution in [-0.4, -0.2) is 0 Å². The SMILES string of the molecule is Brc1ccc2c(c1)C1(C3=CCCC=C3c3ccccc31)c1ccccc1-2. The van der Waals surface area contributed by atoms with Gasteiger partial charge in [-0.1, -0.05) is 82.7 Å². The number of allylic oxidation sites excluding steroid dienone is 4. The van der Waals surface area contributed by atoms with Crippen LogP contribution in [0.15, 0.2) is 88.9 Å². The Hall–Kier alpha value is -2.38. The lowest BCUT2D eigenvalue weighted by atomic mass is 9.69. The van der Waals surface area contributed by atoms with Gasteiger partial charge in [-0.2, -0.15) is 0 Å². The van der Waals surface area contributed by atoms with Crippen molar-refractivity contribution in [3.05, 3.63) is 111 Å². The van der Waals surface area contributed by atoms with E-state index in [1.807, 2.05) is 0 Å². The summed E-state index contributed by atoms with van der Waals surface area (Å²) in [6.07, 6.45) is 7.19. The number of benzene rings is 3. The van der Waals surface area contributed by atoms with E-state index in [-0.39, 0.29) is 5.41 Å². The standard InChI is InChI=1S/C25H17Br/c26-16-13-14-20-19-9-3-6-12-23(19)25(24(20)15-16)21-10-4-1-7-17(21)18-8-2-5-11-22(18)25/h1,3-4,6-15H,2,5H2. The molecule has 3 aromatic rings. The second-order valence-electron chi connectivity index (χ2n) is 7.34. The second-order valence-corrected chi connectivity index (χ2v) is 8.26. The molecule has 0 amide bonds. The quantitative estimate of drug-likeness (QED) is 0.388. The van der Waals surface area contributed by atoms with Crippen molar-refractivity contribution >= 4 is 21.5 Å². The van der Waals surface area contributed by atoms with Gasteiger partial charge in [-0.3, -0.25) is 0 Å². The van der Waals surface area contributed by atoms with Crippen LogP contribution in [0.5, 0.6) is 0 Å². The van der Waals surface area contributed by atoms with Crippen LogP contribution < -0.4 is 0 Å². The van der Waals surface area contributed by atoms with Crippen LogP contribution in [0.4, 0.5) is 0 Å². The Kier molecular flexibility index (Phi) is 2.88. The maximum atomic E-state index is 3.73. The lowest BCUT2D eigenvalue weighted by Gasteiger charge is -2.31. The molecule has 0 bridgehead atoms. The third-order valence-corrected chi connectivity index (χ3v) is 6.68. The lowest BCUT2D eigenvalue weighted by molar-refractivity contribution is 0.781. The van der Waals surface area contributed by atoms with Crippen molar-refractivity contribution < 1.29 is 0 Å². The first-order valence-electron chi connectivity index (χ1n) is 9.23. The second kappa shape index (κ2) is 5.08. The zero-order chi connectivity index (χ0) is 17.3. The van der Waals surface area contributed by atoms with Gasteiger partial charge < -0.3 is 0 Å². The van der Waals surface area contributed by atoms with Gasteiger partial charge in [0.05, 0.1) is 5.41 Å². The molecular weight excluding hydrogens is 380 g/mol. The molecule has 0 fully saturated rings. The van der Waals surface area contributed by atoms with E-state index >= 15 is 0 Å². The lowest BCUT2D eigenvalue weighted by Crippen LogP contribution is -2.26. The summed E-state index contributed by atoms with van der Waals surface area (Å²) in [5.41, 5.74) is 11.2. The van der Waals surface area contributed by atoms with Gasteiger partial charge in [0, 0.05) is 4.47 Å². The smallest absolute Gasteiger partial charge is 0.0722 e. The van der Waals surface area contributed by atoms with E-state index in [0.29, 0.717) is 0 Å². The molecule has 3 aliphatic rings. The van der Waals surface area contributed by atoms with Gasteiger partial charge in [-0.15, -0.1) is 0 Å². The fourth-order valence-electron chi connectivity index (χ4n) is 5.31. The summed E-state index contributed by atoms with van der Waals surface area (Å²) < 4.78 is 1.15. The molecule has 124 valence electrons. The number of hydrogen-bond donors (Lipinski definition) is 0. The molecule has 1 spiro atoms. The number of rotatable bonds is 0. The summed E-state index contributed by atoms with van der Waals surface area (Å²) >= 11 is 3.73. The molecular formula is C25H17Br. The van der Waals surface area contributed by atoms with E-state index in [1.54, 1.807) is 0 Å². The van der Waals surface area contributed by atoms with Gasteiger partial charge in [0.15, 0.2) is 0 Å². The van der Waals surface area contributed by atoms with Crippen molar-refractivity contribution in [3.8, 4) is 11.1 Å². The molecule has 6 rings (SSSR count). The molecule has 0 saturated heterocycles. The summed E-state index contributed by atoms with van der Waals surface area (Å²) in [5, 5.41) is 0. The number of halogens is 1. The van der Waals surface area contributed by atoms with Gasteiger partial charge in [-0.05, 0) is 69.5 Å². The Morgan fingerprint density at radius 3 is 2.15 bits per heavy atom. The fraction of sp³-hybridized carbons (Fsp3) is 0.120. The minimum atomic E-state index is -0.168. The third-order valence-electron chi connectivity index (χ3n) is 6.19. The van der Waals surface area contributed by atoms with Crippen molar-refractivity contribution in [2.24, 2.45) is 0 Å². The maximum Gasteiger partial charge on any atom is 0.0722 e. The van der Waals surface area contributed by atoms with Crippen LogP contribution in [0, 0.1) is 0 Å². The van der Waals surface area contributed by atoms with Gasteiger partial charge >= 0.3 is 0 Å². The Labute approximate surface area is 162 Å². The summed E-state index contributed by atoms with van der Waals surface area (Å²) in [7, 11) is 0. The molecule has 1 atom stereocenters. The summed E-state index contributed by atoms with van der Waals surface area (Å²) in [6, 6.07) is 24.8. The largest absolute Gasteiger partial charge is 0.0788 e. The van der Waals surface area contributed by atoms with Crippen LogP contribution >= 0.6 is 15.9 Å². The first-order valence-corrected chi connectivity index (χ1v) is 10.0. The van der Waals surface area contributed by atoms with Gasteiger partial charge in [0.25, 0.3) is 0 Å². The van der Waals surface area contributed by atoms with Crippen molar-refractivity contribution in [1.82, 2.24) is 0 Å². The highest BCUT2D eigenvalue weighted by molar-refractivity contribution is 9.10. The number of hydrogen-bond acceptors (Lipinski definition) is 0. The molecule has 0 aromatic heterocycles. The molecule has 3 aliphatic carbocycles. The van der Waals surface area contributed by atoms with Crippen LogP contribution in [0.3, 0.4) is 0 Å². The van der Waals surface area contributed by atoms with E-state index in [0.717, 1.165) is 17.3 Å². The van der Waals surface area contributed by atoms with Crippen LogP contribution in [-0.2, 0) is 5.41 Å². The third kappa shape index (κ3) is 1.61. The van der Waals surface area contributed by atoms with E-state index < -0.39 is 0 Å². The highest BCUT2D eigenvalue weighted by atomic mass is 79.9. The highest BCUT2D eigenvalue weighted by Gasteiger charge is 2.53. The average molecular weight is 397 g/mol. The monoisotopic (exact) mass is 396 g/mol. The van der Waals surface area contributed by atoms with Crippen LogP contribution in [0.2, 0.25) is 0 Å². The van der Waals surface area contributed by atoms with Gasteiger partial charge in [0.1, 0.15) is 0 Å². The summed E-state index contributed by atoms with van der Waals surface area (Å²) in [6.45, 7) is 0. The Morgan fingerprint density at radius 1 is 0.654 bits per heavy atom. The Morgan fingerprint density at radius 2 is 1.31 bits per heavy atom. The topological polar surface area (TPSA) is 0 Å². The van der Waals surface area contributed by atoms with Crippen molar-refractivity contribution in [3.63, 3.8) is 0 Å². The fourth-order valence-corrected chi connectivity index (χ4v) is 5.67. The zero-order valence-corrected chi connectivity index (χ0v) is 15.9. The molecule has 1 heteroatoms. The molecule has 0 radical (unpaired) electrons. The van der Waals surface area contributed by atoms with E-state index in [9.17, 15) is 0 Å². The van der Waals surface area contributed by atoms with Crippen LogP contribution in [0.25, 0.3) is 16.7 Å². The van der Waals surface area contributed by atoms with Gasteiger partial charge in [-0.25, -0.2) is 0 Å². The van der Waals surface area contributed by atoms with Crippen LogP contribution in [0.1, 0.15) is 35.1 Å². The maximum absolute atomic E-state index is 3.73. The Balaban J connectivity index is 1.84. The van der Waals surface area contributed by atoms with E-state index in [1.165, 1.54) is 44.5 Å². The first-order chi connectivity index (χ1) is 12.8. The van der Waals surface area contributed by atoms with E-state index in [2.05, 4.69) is 94.8 Å². The normalized spacial score (nSPS) is 21.6. The molecule has 0 heterocycles. The predicted octanol–water partition coefficient (Wildman–Crippen LogP) is 6.88. The molecule has 1 unspecified atom stereocenters. The number of fused-ring (bicyclic) bond motifs is 10. The van der Waals surface area contributed by atoms with E-state index in [4.69, 9.17) is 0 Å².